The second-order valence-electron chi connectivity index (χ2n) is 6.36. The van der Waals surface area contributed by atoms with Gasteiger partial charge < -0.3 is 5.32 Å². The summed E-state index contributed by atoms with van der Waals surface area (Å²) in [5, 5.41) is 8.31. The lowest BCUT2D eigenvalue weighted by Gasteiger charge is -2.26. The Hall–Kier alpha value is -0.870. The lowest BCUT2D eigenvalue weighted by Crippen LogP contribution is -2.30. The molecule has 1 saturated carbocycles. The largest absolute Gasteiger partial charge is 0.314 e. The van der Waals surface area contributed by atoms with Crippen LogP contribution in [0, 0.1) is 19.8 Å². The summed E-state index contributed by atoms with van der Waals surface area (Å²) in [6.07, 6.45) is 4.05. The summed E-state index contributed by atoms with van der Waals surface area (Å²) in [5.41, 5.74) is 3.99. The van der Waals surface area contributed by atoms with Crippen molar-refractivity contribution in [1.82, 2.24) is 20.0 Å². The topological polar surface area (TPSA) is 33.1 Å². The summed E-state index contributed by atoms with van der Waals surface area (Å²) in [6, 6.07) is 1.35. The van der Waals surface area contributed by atoms with Crippen LogP contribution in [0.4, 0.5) is 0 Å². The molecule has 2 heterocycles. The zero-order chi connectivity index (χ0) is 13.6. The number of hydrogen-bond donors (Lipinski definition) is 1. The van der Waals surface area contributed by atoms with E-state index < -0.39 is 0 Å². The van der Waals surface area contributed by atoms with Crippen molar-refractivity contribution in [2.45, 2.75) is 45.2 Å². The molecule has 0 spiro atoms. The van der Waals surface area contributed by atoms with E-state index in [2.05, 4.69) is 43.3 Å². The van der Waals surface area contributed by atoms with E-state index in [1.807, 2.05) is 4.68 Å². The maximum Gasteiger partial charge on any atom is 0.0644 e. The van der Waals surface area contributed by atoms with E-state index in [9.17, 15) is 0 Å². The lowest BCUT2D eigenvalue weighted by atomic mass is 9.92. The molecule has 4 nitrogen and oxygen atoms in total. The highest BCUT2D eigenvalue weighted by molar-refractivity contribution is 5.30. The smallest absolute Gasteiger partial charge is 0.0644 e. The molecule has 2 fully saturated rings. The Kier molecular flexibility index (Phi) is 3.39. The number of rotatable bonds is 4. The summed E-state index contributed by atoms with van der Waals surface area (Å²) < 4.78 is 2.03. The van der Waals surface area contributed by atoms with E-state index in [0.29, 0.717) is 6.04 Å². The van der Waals surface area contributed by atoms with Crippen LogP contribution < -0.4 is 5.32 Å². The Morgan fingerprint density at radius 1 is 1.21 bits per heavy atom. The highest BCUT2D eigenvalue weighted by atomic mass is 15.3. The van der Waals surface area contributed by atoms with Gasteiger partial charge in [0, 0.05) is 36.9 Å². The molecule has 19 heavy (non-hydrogen) atoms. The van der Waals surface area contributed by atoms with Gasteiger partial charge in [-0.25, -0.2) is 0 Å². The summed E-state index contributed by atoms with van der Waals surface area (Å²) in [6.45, 7) is 6.72. The maximum absolute atomic E-state index is 4.60. The molecule has 0 aromatic carbocycles. The minimum atomic E-state index is 0.542. The van der Waals surface area contributed by atoms with Gasteiger partial charge in [0.05, 0.1) is 5.69 Å². The molecule has 0 amide bonds. The van der Waals surface area contributed by atoms with Gasteiger partial charge in [0.1, 0.15) is 0 Å². The van der Waals surface area contributed by atoms with Gasteiger partial charge in [-0.1, -0.05) is 0 Å². The molecule has 2 unspecified atom stereocenters. The molecular weight excluding hydrogens is 236 g/mol. The third-order valence-corrected chi connectivity index (χ3v) is 4.88. The fourth-order valence-corrected chi connectivity index (χ4v) is 3.52. The van der Waals surface area contributed by atoms with Crippen LogP contribution in [-0.2, 0) is 7.05 Å². The number of aromatic nitrogens is 2. The predicted molar refractivity (Wildman–Crippen MR) is 77.2 cm³/mol. The van der Waals surface area contributed by atoms with E-state index in [1.165, 1.54) is 42.8 Å². The Labute approximate surface area is 116 Å². The van der Waals surface area contributed by atoms with E-state index in [1.54, 1.807) is 0 Å². The molecule has 1 aliphatic carbocycles. The van der Waals surface area contributed by atoms with Gasteiger partial charge in [-0.3, -0.25) is 9.58 Å². The van der Waals surface area contributed by atoms with Crippen LogP contribution in [-0.4, -0.2) is 40.9 Å². The number of hydrogen-bond acceptors (Lipinski definition) is 3. The zero-order valence-electron chi connectivity index (χ0n) is 12.6. The van der Waals surface area contributed by atoms with Gasteiger partial charge in [-0.2, -0.15) is 5.10 Å². The molecule has 1 aliphatic heterocycles. The van der Waals surface area contributed by atoms with E-state index in [0.717, 1.165) is 18.5 Å². The average molecular weight is 262 g/mol. The first-order valence-corrected chi connectivity index (χ1v) is 7.51. The summed E-state index contributed by atoms with van der Waals surface area (Å²) in [5.74, 6) is 0.729. The minimum Gasteiger partial charge on any atom is -0.314 e. The second-order valence-corrected chi connectivity index (χ2v) is 6.36. The van der Waals surface area contributed by atoms with Crippen LogP contribution in [0.25, 0.3) is 0 Å². The molecule has 1 aromatic heterocycles. The van der Waals surface area contributed by atoms with Crippen LogP contribution in [0.1, 0.15) is 42.3 Å². The molecule has 0 bridgehead atoms. The Morgan fingerprint density at radius 2 is 1.95 bits per heavy atom. The second kappa shape index (κ2) is 4.91. The first-order chi connectivity index (χ1) is 9.08. The molecule has 2 aliphatic rings. The van der Waals surface area contributed by atoms with Gasteiger partial charge >= 0.3 is 0 Å². The van der Waals surface area contributed by atoms with E-state index in [4.69, 9.17) is 0 Å². The average Bonchev–Trinajstić information content (AvgIpc) is 3.08. The van der Waals surface area contributed by atoms with Gasteiger partial charge in [0.2, 0.25) is 0 Å². The van der Waals surface area contributed by atoms with Crippen LogP contribution in [0.5, 0.6) is 0 Å². The van der Waals surface area contributed by atoms with Crippen molar-refractivity contribution in [3.05, 3.63) is 17.0 Å². The molecule has 4 heteroatoms. The quantitative estimate of drug-likeness (QED) is 0.898. The Balaban J connectivity index is 1.81. The highest BCUT2D eigenvalue weighted by Gasteiger charge is 2.36. The fourth-order valence-electron chi connectivity index (χ4n) is 3.52. The monoisotopic (exact) mass is 262 g/mol. The number of nitrogens with one attached hydrogen (secondary N) is 1. The van der Waals surface area contributed by atoms with Crippen LogP contribution in [0.15, 0.2) is 0 Å². The molecule has 3 rings (SSSR count). The van der Waals surface area contributed by atoms with Crippen molar-refractivity contribution in [2.24, 2.45) is 13.0 Å². The molecule has 1 N–H and O–H groups in total. The van der Waals surface area contributed by atoms with Gasteiger partial charge in [-0.15, -0.1) is 0 Å². The first-order valence-electron chi connectivity index (χ1n) is 7.51. The molecule has 0 radical (unpaired) electrons. The van der Waals surface area contributed by atoms with Crippen molar-refractivity contribution >= 4 is 0 Å². The fraction of sp³-hybridized carbons (Fsp3) is 0.800. The third kappa shape index (κ3) is 2.43. The summed E-state index contributed by atoms with van der Waals surface area (Å²) in [7, 11) is 4.31. The van der Waals surface area contributed by atoms with Crippen LogP contribution >= 0.6 is 0 Å². The van der Waals surface area contributed by atoms with Gasteiger partial charge in [0.25, 0.3) is 0 Å². The van der Waals surface area contributed by atoms with E-state index >= 15 is 0 Å². The van der Waals surface area contributed by atoms with Crippen molar-refractivity contribution in [1.29, 1.82) is 0 Å². The molecule has 1 saturated heterocycles. The third-order valence-electron chi connectivity index (χ3n) is 4.88. The predicted octanol–water partition coefficient (Wildman–Crippen LogP) is 1.78. The molecule has 106 valence electrons. The first kappa shape index (κ1) is 13.1. The van der Waals surface area contributed by atoms with Gasteiger partial charge in [0.15, 0.2) is 0 Å². The van der Waals surface area contributed by atoms with Crippen molar-refractivity contribution in [3.63, 3.8) is 0 Å². The minimum absolute atomic E-state index is 0.542. The number of nitrogens with zero attached hydrogens (tertiary/aromatic N) is 3. The Morgan fingerprint density at radius 3 is 2.53 bits per heavy atom. The van der Waals surface area contributed by atoms with E-state index in [-0.39, 0.29) is 0 Å². The summed E-state index contributed by atoms with van der Waals surface area (Å²) >= 11 is 0. The van der Waals surface area contributed by atoms with Crippen molar-refractivity contribution < 1.29 is 0 Å². The maximum atomic E-state index is 4.60. The highest BCUT2D eigenvalue weighted by Crippen LogP contribution is 2.38. The summed E-state index contributed by atoms with van der Waals surface area (Å²) in [4.78, 5) is 2.51. The lowest BCUT2D eigenvalue weighted by molar-refractivity contribution is 0.270. The molecule has 2 atom stereocenters. The molecular formula is C15H26N4. The van der Waals surface area contributed by atoms with Gasteiger partial charge in [-0.05, 0) is 52.6 Å². The van der Waals surface area contributed by atoms with Crippen molar-refractivity contribution in [2.75, 3.05) is 20.1 Å². The normalized spacial score (nSPS) is 28.2. The molecule has 1 aromatic rings. The van der Waals surface area contributed by atoms with Crippen molar-refractivity contribution in [3.8, 4) is 0 Å². The van der Waals surface area contributed by atoms with Crippen LogP contribution in [0.3, 0.4) is 0 Å². The van der Waals surface area contributed by atoms with Crippen LogP contribution in [0.2, 0.25) is 0 Å². The number of aryl methyl sites for hydroxylation is 2. The zero-order valence-corrected chi connectivity index (χ0v) is 12.6. The number of likely N-dealkylation sites (tertiary alicyclic amines) is 1. The SMILES string of the molecule is Cc1nn(C)c(C)c1C1C(CNC2CC2)CCN1C. The Bertz CT molecular complexity index is 461. The standard InChI is InChI=1S/C15H26N4/c1-10-14(11(2)19(4)17-10)15-12(7-8-18(15)3)9-16-13-5-6-13/h12-13,15-16H,5-9H2,1-4H3.